The van der Waals surface area contributed by atoms with Gasteiger partial charge in [-0.3, -0.25) is 9.59 Å². The zero-order valence-electron chi connectivity index (χ0n) is 14.4. The zero-order chi connectivity index (χ0) is 17.2. The van der Waals surface area contributed by atoms with Crippen LogP contribution in [-0.4, -0.2) is 44.2 Å². The summed E-state index contributed by atoms with van der Waals surface area (Å²) in [5.41, 5.74) is 1.20. The fraction of sp³-hybridized carbons (Fsp3) is 0.529. The van der Waals surface area contributed by atoms with Crippen molar-refractivity contribution in [3.63, 3.8) is 0 Å². The van der Waals surface area contributed by atoms with Gasteiger partial charge in [0.05, 0.1) is 7.05 Å². The third-order valence-corrected chi connectivity index (χ3v) is 4.19. The summed E-state index contributed by atoms with van der Waals surface area (Å²) in [6.45, 7) is 5.46. The first-order valence-electron chi connectivity index (χ1n) is 7.97. The number of rotatable bonds is 9. The molecule has 0 fully saturated rings. The Morgan fingerprint density at radius 2 is 1.91 bits per heavy atom. The van der Waals surface area contributed by atoms with Gasteiger partial charge in [0.2, 0.25) is 5.91 Å². The summed E-state index contributed by atoms with van der Waals surface area (Å²) in [4.78, 5) is 26.1. The highest BCUT2D eigenvalue weighted by Crippen LogP contribution is 2.14. The summed E-state index contributed by atoms with van der Waals surface area (Å²) in [6.07, 6.45) is 2.93. The normalized spacial score (nSPS) is 13.2. The Hall–Kier alpha value is -1.53. The van der Waals surface area contributed by atoms with E-state index < -0.39 is 6.04 Å². The van der Waals surface area contributed by atoms with Crippen LogP contribution in [0.15, 0.2) is 29.2 Å². The van der Waals surface area contributed by atoms with Gasteiger partial charge in [-0.05, 0) is 31.7 Å². The molecule has 128 valence electrons. The summed E-state index contributed by atoms with van der Waals surface area (Å²) in [6, 6.07) is 7.87. The summed E-state index contributed by atoms with van der Waals surface area (Å²) in [5.74, 6) is -0.243. The molecule has 5 nitrogen and oxygen atoms in total. The van der Waals surface area contributed by atoms with Gasteiger partial charge in [-0.25, -0.2) is 0 Å². The minimum absolute atomic E-state index is 0.109. The van der Waals surface area contributed by atoms with Gasteiger partial charge < -0.3 is 15.5 Å². The first-order chi connectivity index (χ1) is 11.0. The number of hydrogen-bond acceptors (Lipinski definition) is 3. The average Bonchev–Trinajstić information content (AvgIpc) is 2.52. The van der Waals surface area contributed by atoms with E-state index in [1.807, 2.05) is 14.0 Å². The van der Waals surface area contributed by atoms with Crippen LogP contribution in [0.1, 0.15) is 25.8 Å². The van der Waals surface area contributed by atoms with E-state index in [0.717, 1.165) is 17.9 Å². The number of likely N-dealkylation sites (N-methyl/N-ethyl adjacent to an activating group) is 1. The minimum Gasteiger partial charge on any atom is -0.354 e. The van der Waals surface area contributed by atoms with E-state index in [0.29, 0.717) is 13.1 Å². The van der Waals surface area contributed by atoms with Crippen molar-refractivity contribution in [3.05, 3.63) is 29.8 Å². The maximum Gasteiger partial charge on any atom is 0.275 e. The van der Waals surface area contributed by atoms with Crippen molar-refractivity contribution in [3.8, 4) is 0 Å². The first kappa shape index (κ1) is 19.5. The minimum atomic E-state index is -0.497. The summed E-state index contributed by atoms with van der Waals surface area (Å²) < 4.78 is 0. The largest absolute Gasteiger partial charge is 0.354 e. The number of quaternary nitrogens is 1. The Labute approximate surface area is 143 Å². The highest BCUT2D eigenvalue weighted by molar-refractivity contribution is 7.98. The highest BCUT2D eigenvalue weighted by Gasteiger charge is 2.17. The molecule has 2 amide bonds. The van der Waals surface area contributed by atoms with E-state index in [1.54, 1.807) is 18.7 Å². The topological polar surface area (TPSA) is 62.6 Å². The van der Waals surface area contributed by atoms with E-state index in [1.165, 1.54) is 10.5 Å². The van der Waals surface area contributed by atoms with Crippen molar-refractivity contribution in [2.45, 2.75) is 37.8 Å². The molecular formula is C17H28N3O2S+. The van der Waals surface area contributed by atoms with Crippen LogP contribution in [0.25, 0.3) is 0 Å². The van der Waals surface area contributed by atoms with Crippen LogP contribution in [0.4, 0.5) is 0 Å². The van der Waals surface area contributed by atoms with Crippen molar-refractivity contribution in [1.29, 1.82) is 0 Å². The zero-order valence-corrected chi connectivity index (χ0v) is 15.3. The van der Waals surface area contributed by atoms with E-state index >= 15 is 0 Å². The van der Waals surface area contributed by atoms with Gasteiger partial charge in [-0.2, -0.15) is 0 Å². The number of nitrogens with one attached hydrogen (secondary N) is 3. The second kappa shape index (κ2) is 10.3. The molecule has 0 bridgehead atoms. The molecule has 1 unspecified atom stereocenters. The number of thioether (sulfide) groups is 1. The lowest BCUT2D eigenvalue weighted by Gasteiger charge is -2.17. The molecule has 0 aliphatic rings. The Balaban J connectivity index is 2.38. The maximum absolute atomic E-state index is 12.0. The van der Waals surface area contributed by atoms with E-state index in [9.17, 15) is 9.59 Å². The molecule has 1 aromatic rings. The Morgan fingerprint density at radius 3 is 2.48 bits per heavy atom. The summed E-state index contributed by atoms with van der Waals surface area (Å²) >= 11 is 1.71. The van der Waals surface area contributed by atoms with Crippen LogP contribution in [-0.2, 0) is 16.1 Å². The molecule has 3 N–H and O–H groups in total. The second-order valence-electron chi connectivity index (χ2n) is 5.74. The van der Waals surface area contributed by atoms with Gasteiger partial charge in [-0.1, -0.05) is 19.1 Å². The van der Waals surface area contributed by atoms with E-state index in [4.69, 9.17) is 0 Å². The van der Waals surface area contributed by atoms with Crippen LogP contribution in [0.2, 0.25) is 0 Å². The van der Waals surface area contributed by atoms with Crippen molar-refractivity contribution in [2.24, 2.45) is 0 Å². The van der Waals surface area contributed by atoms with Gasteiger partial charge in [0.15, 0.2) is 6.54 Å². The van der Waals surface area contributed by atoms with Gasteiger partial charge in [0.25, 0.3) is 5.91 Å². The van der Waals surface area contributed by atoms with Crippen molar-refractivity contribution in [2.75, 3.05) is 26.4 Å². The highest BCUT2D eigenvalue weighted by atomic mass is 32.2. The number of benzene rings is 1. The van der Waals surface area contributed by atoms with Crippen molar-refractivity contribution >= 4 is 23.6 Å². The predicted octanol–water partition coefficient (Wildman–Crippen LogP) is 0.454. The molecule has 0 saturated carbocycles. The summed E-state index contributed by atoms with van der Waals surface area (Å²) in [7, 11) is 1.98. The quantitative estimate of drug-likeness (QED) is 0.573. The molecule has 0 aliphatic heterocycles. The third-order valence-electron chi connectivity index (χ3n) is 3.45. The number of hydrogen-bond donors (Lipinski definition) is 3. The number of carbonyl (C=O) groups is 2. The predicted molar refractivity (Wildman–Crippen MR) is 94.6 cm³/mol. The van der Waals surface area contributed by atoms with Crippen LogP contribution in [0.5, 0.6) is 0 Å². The fourth-order valence-corrected chi connectivity index (χ4v) is 2.60. The smallest absolute Gasteiger partial charge is 0.275 e. The van der Waals surface area contributed by atoms with Crippen LogP contribution >= 0.6 is 11.8 Å². The van der Waals surface area contributed by atoms with Gasteiger partial charge in [0, 0.05) is 17.0 Å². The van der Waals surface area contributed by atoms with Crippen molar-refractivity contribution in [1.82, 2.24) is 10.6 Å². The third kappa shape index (κ3) is 7.52. The lowest BCUT2D eigenvalue weighted by Crippen LogP contribution is -3.09. The van der Waals surface area contributed by atoms with Crippen molar-refractivity contribution < 1.29 is 14.5 Å². The molecule has 23 heavy (non-hydrogen) atoms. The van der Waals surface area contributed by atoms with Gasteiger partial charge in [-0.15, -0.1) is 11.8 Å². The molecule has 0 radical (unpaired) electrons. The molecule has 0 spiro atoms. The maximum atomic E-state index is 12.0. The van der Waals surface area contributed by atoms with E-state index in [2.05, 4.69) is 41.2 Å². The monoisotopic (exact) mass is 338 g/mol. The number of amides is 2. The standard InChI is InChI=1S/C17H27N3O2S/c1-5-10-18-17(22)13(2)19-16(21)12-20(3)11-14-6-8-15(23-4)9-7-14/h6-9,13H,5,10-12H2,1-4H3,(H,18,22)(H,19,21)/p+1/t13-/m1/s1. The fourth-order valence-electron chi connectivity index (χ4n) is 2.19. The molecule has 1 rings (SSSR count). The molecule has 6 heteroatoms. The molecule has 0 saturated heterocycles. The lowest BCUT2D eigenvalue weighted by molar-refractivity contribution is -0.885. The van der Waals surface area contributed by atoms with Gasteiger partial charge in [0.1, 0.15) is 12.6 Å². The SMILES string of the molecule is CCCNC(=O)[C@@H](C)NC(=O)C[NH+](C)Cc1ccc(SC)cc1. The average molecular weight is 338 g/mol. The molecular weight excluding hydrogens is 310 g/mol. The van der Waals surface area contributed by atoms with Gasteiger partial charge >= 0.3 is 0 Å². The second-order valence-corrected chi connectivity index (χ2v) is 6.62. The van der Waals surface area contributed by atoms with E-state index in [-0.39, 0.29) is 11.8 Å². The van der Waals surface area contributed by atoms with Crippen LogP contribution in [0.3, 0.4) is 0 Å². The Morgan fingerprint density at radius 1 is 1.26 bits per heavy atom. The van der Waals surface area contributed by atoms with Crippen LogP contribution < -0.4 is 15.5 Å². The molecule has 1 aromatic carbocycles. The first-order valence-corrected chi connectivity index (χ1v) is 9.20. The Bertz CT molecular complexity index is 505. The molecule has 0 heterocycles. The molecule has 2 atom stereocenters. The lowest BCUT2D eigenvalue weighted by atomic mass is 10.2. The molecule has 0 aliphatic carbocycles. The number of carbonyl (C=O) groups excluding carboxylic acids is 2. The van der Waals surface area contributed by atoms with Crippen LogP contribution in [0, 0.1) is 0 Å². The molecule has 0 aromatic heterocycles. The summed E-state index contributed by atoms with van der Waals surface area (Å²) in [5, 5.41) is 5.53. The Kier molecular flexibility index (Phi) is 8.73.